The Hall–Kier alpha value is -1.64. The fraction of sp³-hybridized carbons (Fsp3) is 0.200. The number of aromatic nitrogens is 2. The van der Waals surface area contributed by atoms with Crippen molar-refractivity contribution in [3.8, 4) is 0 Å². The summed E-state index contributed by atoms with van der Waals surface area (Å²) < 4.78 is 5.20. The van der Waals surface area contributed by atoms with Crippen molar-refractivity contribution in [2.75, 3.05) is 0 Å². The van der Waals surface area contributed by atoms with Crippen molar-refractivity contribution in [1.29, 1.82) is 0 Å². The van der Waals surface area contributed by atoms with Crippen LogP contribution in [0.2, 0.25) is 5.02 Å². The first-order chi connectivity index (χ1) is 9.10. The molecule has 2 rings (SSSR count). The van der Waals surface area contributed by atoms with Crippen LogP contribution >= 0.6 is 23.4 Å². The second-order valence-electron chi connectivity index (χ2n) is 3.48. The summed E-state index contributed by atoms with van der Waals surface area (Å²) in [7, 11) is 0. The van der Waals surface area contributed by atoms with Gasteiger partial charge < -0.3 is 10.2 Å². The zero-order valence-electron chi connectivity index (χ0n) is 9.58. The van der Waals surface area contributed by atoms with E-state index >= 15 is 0 Å². The first kappa shape index (κ1) is 13.8. The van der Waals surface area contributed by atoms with Gasteiger partial charge >= 0.3 is 0 Å². The van der Waals surface area contributed by atoms with Gasteiger partial charge in [0.1, 0.15) is 0 Å². The van der Waals surface area contributed by atoms with E-state index in [4.69, 9.17) is 21.8 Å². The van der Waals surface area contributed by atoms with Crippen molar-refractivity contribution in [1.82, 2.24) is 10.2 Å². The minimum absolute atomic E-state index is 0.00969. The minimum atomic E-state index is -0.453. The summed E-state index contributed by atoms with van der Waals surface area (Å²) >= 11 is 7.02. The topological polar surface area (TPSA) is 108 Å². The van der Waals surface area contributed by atoms with Crippen LogP contribution in [0.25, 0.3) is 0 Å². The van der Waals surface area contributed by atoms with Crippen molar-refractivity contribution in [3.63, 3.8) is 0 Å². The second kappa shape index (κ2) is 6.00. The van der Waals surface area contributed by atoms with E-state index in [9.17, 15) is 10.1 Å². The maximum Gasteiger partial charge on any atom is 0.276 e. The molecule has 0 saturated heterocycles. The van der Waals surface area contributed by atoms with Crippen LogP contribution in [0.4, 0.5) is 5.69 Å². The van der Waals surface area contributed by atoms with Crippen LogP contribution in [-0.4, -0.2) is 15.1 Å². The maximum absolute atomic E-state index is 10.9. The number of hydrogen-bond acceptors (Lipinski definition) is 7. The van der Waals surface area contributed by atoms with Gasteiger partial charge in [0.25, 0.3) is 10.9 Å². The summed E-state index contributed by atoms with van der Waals surface area (Å²) in [4.78, 5) is 10.4. The Kier molecular flexibility index (Phi) is 4.35. The lowest BCUT2D eigenvalue weighted by Gasteiger charge is -2.01. The van der Waals surface area contributed by atoms with Gasteiger partial charge in [0.2, 0.25) is 5.89 Å². The molecule has 1 heterocycles. The SMILES string of the molecule is NCc1nnc(SCc2cc(Cl)ccc2[N+](=O)[O-])o1. The third kappa shape index (κ3) is 3.43. The number of nitrogens with zero attached hydrogens (tertiary/aromatic N) is 3. The summed E-state index contributed by atoms with van der Waals surface area (Å²) in [5.41, 5.74) is 5.85. The van der Waals surface area contributed by atoms with Crippen LogP contribution in [-0.2, 0) is 12.3 Å². The molecule has 0 aliphatic carbocycles. The third-order valence-electron chi connectivity index (χ3n) is 2.21. The zero-order valence-corrected chi connectivity index (χ0v) is 11.1. The fourth-order valence-corrected chi connectivity index (χ4v) is 2.32. The lowest BCUT2D eigenvalue weighted by Crippen LogP contribution is -1.95. The average molecular weight is 301 g/mol. The Morgan fingerprint density at radius 1 is 1.47 bits per heavy atom. The van der Waals surface area contributed by atoms with E-state index in [1.54, 1.807) is 6.07 Å². The minimum Gasteiger partial charge on any atom is -0.415 e. The number of benzene rings is 1. The lowest BCUT2D eigenvalue weighted by atomic mass is 10.2. The Morgan fingerprint density at radius 2 is 2.26 bits per heavy atom. The first-order valence-electron chi connectivity index (χ1n) is 5.18. The predicted molar refractivity (Wildman–Crippen MR) is 69.9 cm³/mol. The molecule has 9 heteroatoms. The molecule has 0 amide bonds. The number of nitro benzene ring substituents is 1. The number of hydrogen-bond donors (Lipinski definition) is 1. The smallest absolute Gasteiger partial charge is 0.276 e. The van der Waals surface area contributed by atoms with Gasteiger partial charge in [0, 0.05) is 22.4 Å². The van der Waals surface area contributed by atoms with Crippen molar-refractivity contribution in [2.24, 2.45) is 5.73 Å². The van der Waals surface area contributed by atoms with Crippen molar-refractivity contribution in [2.45, 2.75) is 17.5 Å². The Balaban J connectivity index is 2.14. The summed E-state index contributed by atoms with van der Waals surface area (Å²) in [6.45, 7) is 0.158. The number of nitrogens with two attached hydrogens (primary N) is 1. The molecule has 0 aliphatic heterocycles. The predicted octanol–water partition coefficient (Wildman–Crippen LogP) is 2.38. The van der Waals surface area contributed by atoms with E-state index in [2.05, 4.69) is 10.2 Å². The maximum atomic E-state index is 10.9. The van der Waals surface area contributed by atoms with Gasteiger partial charge in [0.05, 0.1) is 11.5 Å². The van der Waals surface area contributed by atoms with Crippen LogP contribution in [0, 0.1) is 10.1 Å². The summed E-state index contributed by atoms with van der Waals surface area (Å²) in [6, 6.07) is 4.40. The molecule has 0 fully saturated rings. The molecule has 0 bridgehead atoms. The third-order valence-corrected chi connectivity index (χ3v) is 3.31. The van der Waals surface area contributed by atoms with Crippen molar-refractivity contribution in [3.05, 3.63) is 44.8 Å². The van der Waals surface area contributed by atoms with Gasteiger partial charge in [-0.1, -0.05) is 23.4 Å². The Morgan fingerprint density at radius 3 is 2.89 bits per heavy atom. The molecule has 0 radical (unpaired) electrons. The summed E-state index contributed by atoms with van der Waals surface area (Å²) in [5, 5.41) is 19.1. The fourth-order valence-electron chi connectivity index (χ4n) is 1.37. The highest BCUT2D eigenvalue weighted by atomic mass is 35.5. The first-order valence-corrected chi connectivity index (χ1v) is 6.54. The summed E-state index contributed by atoms with van der Waals surface area (Å²) in [6.07, 6.45) is 0. The molecule has 0 unspecified atom stereocenters. The van der Waals surface area contributed by atoms with Crippen molar-refractivity contribution >= 4 is 29.1 Å². The van der Waals surface area contributed by atoms with Crippen molar-refractivity contribution < 1.29 is 9.34 Å². The van der Waals surface area contributed by atoms with Crippen LogP contribution in [0.1, 0.15) is 11.5 Å². The van der Waals surface area contributed by atoms with Crippen LogP contribution < -0.4 is 5.73 Å². The number of rotatable bonds is 5. The van der Waals surface area contributed by atoms with Gasteiger partial charge in [-0.3, -0.25) is 10.1 Å². The van der Waals surface area contributed by atoms with E-state index in [-0.39, 0.29) is 12.2 Å². The molecule has 0 spiro atoms. The average Bonchev–Trinajstić information content (AvgIpc) is 2.84. The number of thioether (sulfide) groups is 1. The highest BCUT2D eigenvalue weighted by Gasteiger charge is 2.15. The monoisotopic (exact) mass is 300 g/mol. The molecular formula is C10H9ClN4O3S. The second-order valence-corrected chi connectivity index (χ2v) is 4.85. The van der Waals surface area contributed by atoms with E-state index in [0.29, 0.717) is 27.5 Å². The Labute approximate surface area is 117 Å². The normalized spacial score (nSPS) is 10.6. The summed E-state index contributed by atoms with van der Waals surface area (Å²) in [5.74, 6) is 0.631. The zero-order chi connectivity index (χ0) is 13.8. The molecule has 0 atom stereocenters. The van der Waals surface area contributed by atoms with Crippen LogP contribution in [0.3, 0.4) is 0 Å². The van der Waals surface area contributed by atoms with Gasteiger partial charge in [0.15, 0.2) is 0 Å². The van der Waals surface area contributed by atoms with Crippen LogP contribution in [0.5, 0.6) is 0 Å². The molecule has 1 aromatic heterocycles. The quantitative estimate of drug-likeness (QED) is 0.513. The van der Waals surface area contributed by atoms with Crippen LogP contribution in [0.15, 0.2) is 27.8 Å². The molecule has 19 heavy (non-hydrogen) atoms. The number of nitro groups is 1. The van der Waals surface area contributed by atoms with E-state index in [1.807, 2.05) is 0 Å². The van der Waals surface area contributed by atoms with Gasteiger partial charge in [-0.25, -0.2) is 0 Å². The molecule has 1 aromatic carbocycles. The number of halogens is 1. The van der Waals surface area contributed by atoms with E-state index in [1.165, 1.54) is 23.9 Å². The van der Waals surface area contributed by atoms with E-state index in [0.717, 1.165) is 0 Å². The molecule has 2 aromatic rings. The molecular weight excluding hydrogens is 292 g/mol. The van der Waals surface area contributed by atoms with Gasteiger partial charge in [-0.2, -0.15) is 0 Å². The van der Waals surface area contributed by atoms with Gasteiger partial charge in [-0.15, -0.1) is 10.2 Å². The largest absolute Gasteiger partial charge is 0.415 e. The molecule has 7 nitrogen and oxygen atoms in total. The highest BCUT2D eigenvalue weighted by Crippen LogP contribution is 2.29. The molecule has 2 N–H and O–H groups in total. The van der Waals surface area contributed by atoms with E-state index < -0.39 is 4.92 Å². The molecule has 0 aliphatic rings. The lowest BCUT2D eigenvalue weighted by molar-refractivity contribution is -0.385. The van der Waals surface area contributed by atoms with Gasteiger partial charge in [-0.05, 0) is 12.1 Å². The highest BCUT2D eigenvalue weighted by molar-refractivity contribution is 7.98. The molecule has 100 valence electrons. The Bertz CT molecular complexity index is 604. The standard InChI is InChI=1S/C10H9ClN4O3S/c11-7-1-2-8(15(16)17)6(3-7)5-19-10-14-13-9(4-12)18-10/h1-3H,4-5,12H2. The molecule has 0 saturated carbocycles.